The van der Waals surface area contributed by atoms with E-state index in [1.165, 1.54) is 0 Å². The van der Waals surface area contributed by atoms with E-state index >= 15 is 0 Å². The maximum atomic E-state index is 13.4. The highest BCUT2D eigenvalue weighted by atomic mass is 32.1. The zero-order chi connectivity index (χ0) is 23.2. The van der Waals surface area contributed by atoms with Gasteiger partial charge >= 0.3 is 0 Å². The van der Waals surface area contributed by atoms with Crippen LogP contribution >= 0.6 is 11.3 Å². The van der Waals surface area contributed by atoms with Crippen molar-refractivity contribution in [1.29, 1.82) is 0 Å². The molecule has 6 rings (SSSR count). The van der Waals surface area contributed by atoms with E-state index in [0.717, 1.165) is 41.5 Å². The average Bonchev–Trinajstić information content (AvgIpc) is 3.58. The summed E-state index contributed by atoms with van der Waals surface area (Å²) in [6.07, 6.45) is 4.66. The topological polar surface area (TPSA) is 102 Å². The van der Waals surface area contributed by atoms with Crippen LogP contribution in [0.2, 0.25) is 0 Å². The van der Waals surface area contributed by atoms with Crippen LogP contribution in [0.15, 0.2) is 48.1 Å². The van der Waals surface area contributed by atoms with Gasteiger partial charge in [0.25, 0.3) is 5.91 Å². The fourth-order valence-corrected chi connectivity index (χ4v) is 5.17. The maximum absolute atomic E-state index is 13.4. The number of ether oxygens (including phenoxy) is 1. The summed E-state index contributed by atoms with van der Waals surface area (Å²) in [6, 6.07) is 9.76. The lowest BCUT2D eigenvalue weighted by Crippen LogP contribution is -2.52. The van der Waals surface area contributed by atoms with E-state index in [9.17, 15) is 4.79 Å². The van der Waals surface area contributed by atoms with Crippen LogP contribution in [0.4, 0.5) is 5.82 Å². The van der Waals surface area contributed by atoms with Crippen LogP contribution in [-0.4, -0.2) is 75.8 Å². The number of hydrogen-bond donors (Lipinski definition) is 1. The molecule has 2 aliphatic heterocycles. The monoisotopic (exact) mass is 475 g/mol. The van der Waals surface area contributed by atoms with Crippen molar-refractivity contribution in [3.63, 3.8) is 0 Å². The van der Waals surface area contributed by atoms with Gasteiger partial charge in [-0.15, -0.1) is 11.3 Å². The molecule has 0 bridgehead atoms. The summed E-state index contributed by atoms with van der Waals surface area (Å²) in [4.78, 5) is 28.2. The molecule has 0 saturated carbocycles. The predicted molar refractivity (Wildman–Crippen MR) is 131 cm³/mol. The van der Waals surface area contributed by atoms with Gasteiger partial charge in [-0.1, -0.05) is 6.07 Å². The van der Waals surface area contributed by atoms with Crippen LogP contribution in [0.5, 0.6) is 0 Å². The second-order valence-corrected chi connectivity index (χ2v) is 9.73. The third-order valence-electron chi connectivity index (χ3n) is 6.49. The molecule has 2 fully saturated rings. The fraction of sp³-hybridized carbons (Fsp3) is 0.333. The van der Waals surface area contributed by atoms with Crippen LogP contribution in [0.3, 0.4) is 0 Å². The Labute approximate surface area is 200 Å². The Morgan fingerprint density at radius 3 is 2.79 bits per heavy atom. The Bertz CT molecular complexity index is 1350. The van der Waals surface area contributed by atoms with Crippen molar-refractivity contribution in [1.82, 2.24) is 24.5 Å². The smallest absolute Gasteiger partial charge is 0.254 e. The molecule has 0 radical (unpaired) electrons. The Balaban J connectivity index is 1.43. The molecule has 0 aliphatic carbocycles. The van der Waals surface area contributed by atoms with Crippen LogP contribution in [-0.2, 0) is 4.74 Å². The summed E-state index contributed by atoms with van der Waals surface area (Å²) in [5, 5.41) is 6.52. The largest absolute Gasteiger partial charge is 0.378 e. The van der Waals surface area contributed by atoms with Gasteiger partial charge < -0.3 is 20.3 Å². The van der Waals surface area contributed by atoms with E-state index in [1.54, 1.807) is 29.2 Å². The number of hydrogen-bond acceptors (Lipinski definition) is 8. The second-order valence-electron chi connectivity index (χ2n) is 8.78. The normalized spacial score (nSPS) is 18.6. The first-order valence-electron chi connectivity index (χ1n) is 11.3. The molecule has 1 atom stereocenters. The molecular formula is C24H25N7O2S. The number of nitrogens with zero attached hydrogens (tertiary/aromatic N) is 6. The first kappa shape index (κ1) is 21.2. The number of methoxy groups -OCH3 is 1. The third-order valence-corrected chi connectivity index (χ3v) is 7.39. The van der Waals surface area contributed by atoms with Crippen molar-refractivity contribution >= 4 is 28.7 Å². The van der Waals surface area contributed by atoms with Crippen LogP contribution in [0.25, 0.3) is 27.5 Å². The molecule has 1 amide bonds. The summed E-state index contributed by atoms with van der Waals surface area (Å²) < 4.78 is 7.18. The molecule has 4 aromatic rings. The summed E-state index contributed by atoms with van der Waals surface area (Å²) in [6.45, 7) is 2.73. The third kappa shape index (κ3) is 3.73. The van der Waals surface area contributed by atoms with Crippen molar-refractivity contribution < 1.29 is 9.53 Å². The number of likely N-dealkylation sites (tertiary alicyclic amines) is 1. The molecule has 9 nitrogen and oxygen atoms in total. The lowest BCUT2D eigenvalue weighted by molar-refractivity contribution is 0.0780. The predicted octanol–water partition coefficient (Wildman–Crippen LogP) is 2.53. The van der Waals surface area contributed by atoms with Crippen LogP contribution in [0.1, 0.15) is 16.8 Å². The Kier molecular flexibility index (Phi) is 5.28. The fourth-order valence-electron chi connectivity index (χ4n) is 4.48. The van der Waals surface area contributed by atoms with Crippen molar-refractivity contribution in [3.8, 4) is 21.8 Å². The summed E-state index contributed by atoms with van der Waals surface area (Å²) in [5.41, 5.74) is 9.71. The van der Waals surface area contributed by atoms with Crippen LogP contribution < -0.4 is 10.6 Å². The maximum Gasteiger partial charge on any atom is 0.254 e. The first-order valence-corrected chi connectivity index (χ1v) is 12.2. The van der Waals surface area contributed by atoms with Crippen molar-refractivity contribution in [2.24, 2.45) is 5.73 Å². The van der Waals surface area contributed by atoms with E-state index in [4.69, 9.17) is 20.4 Å². The molecule has 2 saturated heterocycles. The van der Waals surface area contributed by atoms with Crippen LogP contribution in [0, 0.1) is 0 Å². The zero-order valence-electron chi connectivity index (χ0n) is 18.8. The number of amides is 1. The number of carbonyl (C=O) groups is 1. The molecular weight excluding hydrogens is 450 g/mol. The number of carbonyl (C=O) groups excluding carboxylic acids is 1. The highest BCUT2D eigenvalue weighted by Crippen LogP contribution is 2.31. The average molecular weight is 476 g/mol. The lowest BCUT2D eigenvalue weighted by atomic mass is 10.1. The second kappa shape index (κ2) is 8.46. The van der Waals surface area contributed by atoms with E-state index in [1.807, 2.05) is 46.8 Å². The van der Waals surface area contributed by atoms with E-state index in [-0.39, 0.29) is 18.1 Å². The zero-order valence-corrected chi connectivity index (χ0v) is 19.6. The van der Waals surface area contributed by atoms with Gasteiger partial charge in [0.2, 0.25) is 0 Å². The summed E-state index contributed by atoms with van der Waals surface area (Å²) in [7, 11) is 1.72. The molecule has 2 aliphatic rings. The van der Waals surface area contributed by atoms with E-state index in [2.05, 4.69) is 10.00 Å². The SMILES string of the molecule is COC1CN(c2cc(C(=O)N3CC[C@H](N)C3)cc(-c3cnn4ccc(-c5cccs5)nc34)n2)C1. The molecule has 174 valence electrons. The highest BCUT2D eigenvalue weighted by Gasteiger charge is 2.30. The first-order chi connectivity index (χ1) is 16.6. The molecule has 10 heteroatoms. The van der Waals surface area contributed by atoms with Gasteiger partial charge in [0, 0.05) is 51.1 Å². The lowest BCUT2D eigenvalue weighted by Gasteiger charge is -2.39. The summed E-state index contributed by atoms with van der Waals surface area (Å²) in [5.74, 6) is 0.733. The Morgan fingerprint density at radius 1 is 1.18 bits per heavy atom. The minimum atomic E-state index is -0.0228. The van der Waals surface area contributed by atoms with E-state index < -0.39 is 0 Å². The molecule has 2 N–H and O–H groups in total. The number of rotatable bonds is 5. The van der Waals surface area contributed by atoms with Gasteiger partial charge in [-0.25, -0.2) is 14.5 Å². The number of nitrogens with two attached hydrogens (primary N) is 1. The Hall–Kier alpha value is -3.34. The number of thiophene rings is 1. The number of fused-ring (bicyclic) bond motifs is 1. The molecule has 4 aromatic heterocycles. The molecule has 34 heavy (non-hydrogen) atoms. The minimum Gasteiger partial charge on any atom is -0.378 e. The quantitative estimate of drug-likeness (QED) is 0.473. The molecule has 0 aromatic carbocycles. The molecule has 0 unspecified atom stereocenters. The Morgan fingerprint density at radius 2 is 2.06 bits per heavy atom. The van der Waals surface area contributed by atoms with Gasteiger partial charge in [0.1, 0.15) is 5.82 Å². The van der Waals surface area contributed by atoms with Gasteiger partial charge in [-0.05, 0) is 36.1 Å². The summed E-state index contributed by atoms with van der Waals surface area (Å²) >= 11 is 1.64. The van der Waals surface area contributed by atoms with Crippen molar-refractivity contribution in [3.05, 3.63) is 53.7 Å². The minimum absolute atomic E-state index is 0.0228. The molecule has 6 heterocycles. The van der Waals surface area contributed by atoms with Gasteiger partial charge in [-0.3, -0.25) is 4.79 Å². The number of anilines is 1. The van der Waals surface area contributed by atoms with Gasteiger partial charge in [-0.2, -0.15) is 5.10 Å². The number of pyridine rings is 1. The van der Waals surface area contributed by atoms with E-state index in [0.29, 0.717) is 30.0 Å². The van der Waals surface area contributed by atoms with Crippen molar-refractivity contribution in [2.75, 3.05) is 38.2 Å². The number of aromatic nitrogens is 4. The van der Waals surface area contributed by atoms with Gasteiger partial charge in [0.15, 0.2) is 5.65 Å². The van der Waals surface area contributed by atoms with Gasteiger partial charge in [0.05, 0.1) is 34.1 Å². The highest BCUT2D eigenvalue weighted by molar-refractivity contribution is 7.13. The molecule has 0 spiro atoms. The van der Waals surface area contributed by atoms with Crippen molar-refractivity contribution in [2.45, 2.75) is 18.6 Å². The standard InChI is InChI=1S/C24H25N7O2S/c1-33-17-13-30(14-17)22-10-15(24(32)29-6-4-16(25)12-29)9-20(27-22)18-11-26-31-7-5-19(28-23(18)31)21-3-2-8-34-21/h2-3,5,7-11,16-17H,4,6,12-14,25H2,1H3/t16-/m0/s1.